The van der Waals surface area contributed by atoms with E-state index < -0.39 is 41.3 Å². The van der Waals surface area contributed by atoms with Crippen molar-refractivity contribution in [2.45, 2.75) is 90.5 Å². The van der Waals surface area contributed by atoms with Crippen molar-refractivity contribution in [1.29, 1.82) is 0 Å². The number of carboxylic acid groups (broad SMARTS) is 1. The molecule has 2 saturated heterocycles. The average Bonchev–Trinajstić information content (AvgIpc) is 3.63. The van der Waals surface area contributed by atoms with E-state index in [1.807, 2.05) is 26.8 Å². The minimum absolute atomic E-state index is 0.0812. The van der Waals surface area contributed by atoms with E-state index in [0.717, 1.165) is 56.4 Å². The Balaban J connectivity index is 1.58. The molecule has 3 aliphatic rings. The molecule has 3 heterocycles. The first kappa shape index (κ1) is 30.3. The predicted molar refractivity (Wildman–Crippen MR) is 158 cm³/mol. The molecule has 9 heteroatoms. The molecule has 1 aromatic heterocycles. The van der Waals surface area contributed by atoms with Gasteiger partial charge in [0.2, 0.25) is 11.8 Å². The Morgan fingerprint density at radius 2 is 1.76 bits per heavy atom. The third-order valence-electron chi connectivity index (χ3n) is 9.30. The molecule has 2 aliphatic heterocycles. The van der Waals surface area contributed by atoms with Gasteiger partial charge < -0.3 is 24.4 Å². The van der Waals surface area contributed by atoms with Crippen molar-refractivity contribution in [3.8, 4) is 5.88 Å². The minimum atomic E-state index is -1.16. The molecule has 1 saturated carbocycles. The van der Waals surface area contributed by atoms with E-state index in [1.165, 1.54) is 11.0 Å². The number of ether oxygens (including phenoxy) is 2. The first-order valence-electron chi connectivity index (χ1n) is 15.3. The molecular weight excluding hydrogens is 537 g/mol. The fourth-order valence-corrected chi connectivity index (χ4v) is 7.30. The summed E-state index contributed by atoms with van der Waals surface area (Å²) in [5, 5.41) is 10.7. The third-order valence-corrected chi connectivity index (χ3v) is 9.30. The van der Waals surface area contributed by atoms with Crippen LogP contribution in [0.15, 0.2) is 36.5 Å². The van der Waals surface area contributed by atoms with E-state index in [1.54, 1.807) is 31.5 Å². The summed E-state index contributed by atoms with van der Waals surface area (Å²) in [4.78, 5) is 35.6. The fraction of sp³-hybridized carbons (Fsp3) is 0.606. The van der Waals surface area contributed by atoms with E-state index in [9.17, 15) is 14.7 Å². The standard InChI is InChI=1S/C33H44FN3O5/c1-33(2,3)26-28(32(39)40)37(31(38)21-12-6-5-7-13-21)27(24-14-8-9-15-25(24)34)29(26)42-20-22-18-23(19-35-30(22)41-4)36-16-10-11-17-36/h8-9,14-15,18-19,21,26-29H,5-7,10-13,16-17,20H2,1-4H3,(H,39,40)/t26-,27+,28+,29+/m1/s1. The molecule has 1 N–H and O–H groups in total. The van der Waals surface area contributed by atoms with Gasteiger partial charge in [-0.05, 0) is 43.2 Å². The average molecular weight is 582 g/mol. The SMILES string of the molecule is COc1ncc(N2CCCC2)cc1CO[C@H]1[C@H](C(C)(C)C)[C@@H](C(=O)O)N(C(=O)C2CCCCC2)[C@H]1c1ccccc1F. The monoisotopic (exact) mass is 581 g/mol. The molecule has 5 rings (SSSR count). The number of likely N-dealkylation sites (tertiary alicyclic amines) is 1. The van der Waals surface area contributed by atoms with E-state index in [2.05, 4.69) is 9.88 Å². The number of hydrogen-bond acceptors (Lipinski definition) is 6. The third kappa shape index (κ3) is 5.98. The van der Waals surface area contributed by atoms with Gasteiger partial charge in [-0.15, -0.1) is 0 Å². The zero-order chi connectivity index (χ0) is 30.0. The van der Waals surface area contributed by atoms with E-state index >= 15 is 4.39 Å². The lowest BCUT2D eigenvalue weighted by Crippen LogP contribution is -2.49. The van der Waals surface area contributed by atoms with Crippen molar-refractivity contribution in [2.75, 3.05) is 25.1 Å². The second-order valence-electron chi connectivity index (χ2n) is 13.1. The highest BCUT2D eigenvalue weighted by atomic mass is 19.1. The number of aromatic nitrogens is 1. The number of carbonyl (C=O) groups is 2. The van der Waals surface area contributed by atoms with Crippen LogP contribution in [0.5, 0.6) is 5.88 Å². The summed E-state index contributed by atoms with van der Waals surface area (Å²) in [5.41, 5.74) is 1.42. The van der Waals surface area contributed by atoms with Crippen molar-refractivity contribution in [1.82, 2.24) is 9.88 Å². The predicted octanol–water partition coefficient (Wildman–Crippen LogP) is 5.99. The summed E-state index contributed by atoms with van der Waals surface area (Å²) in [7, 11) is 1.56. The Morgan fingerprint density at radius 1 is 1.07 bits per heavy atom. The summed E-state index contributed by atoms with van der Waals surface area (Å²) in [6.07, 6.45) is 7.60. The molecule has 4 atom stereocenters. The Morgan fingerprint density at radius 3 is 2.38 bits per heavy atom. The number of carboxylic acids is 1. The Hall–Kier alpha value is -3.20. The number of nitrogens with zero attached hydrogens (tertiary/aromatic N) is 3. The number of hydrogen-bond donors (Lipinski definition) is 1. The topological polar surface area (TPSA) is 92.2 Å². The van der Waals surface area contributed by atoms with Crippen molar-refractivity contribution in [2.24, 2.45) is 17.3 Å². The summed E-state index contributed by atoms with van der Waals surface area (Å²) >= 11 is 0. The number of carbonyl (C=O) groups excluding carboxylic acids is 1. The van der Waals surface area contributed by atoms with Gasteiger partial charge in [0.05, 0.1) is 37.7 Å². The second kappa shape index (κ2) is 12.6. The van der Waals surface area contributed by atoms with Crippen LogP contribution >= 0.6 is 0 Å². The highest BCUT2D eigenvalue weighted by Crippen LogP contribution is 2.51. The zero-order valence-electron chi connectivity index (χ0n) is 25.2. The molecule has 1 aliphatic carbocycles. The highest BCUT2D eigenvalue weighted by molar-refractivity contribution is 5.87. The van der Waals surface area contributed by atoms with Gasteiger partial charge in [-0.25, -0.2) is 14.2 Å². The number of benzene rings is 1. The molecule has 0 bridgehead atoms. The molecule has 42 heavy (non-hydrogen) atoms. The Labute approximate surface area is 248 Å². The maximum absolute atomic E-state index is 15.6. The van der Waals surface area contributed by atoms with E-state index in [0.29, 0.717) is 18.7 Å². The number of methoxy groups -OCH3 is 1. The number of pyridine rings is 1. The van der Waals surface area contributed by atoms with E-state index in [-0.39, 0.29) is 24.0 Å². The van der Waals surface area contributed by atoms with Crippen LogP contribution in [0.3, 0.4) is 0 Å². The van der Waals surface area contributed by atoms with Gasteiger partial charge >= 0.3 is 5.97 Å². The molecule has 8 nitrogen and oxygen atoms in total. The van der Waals surface area contributed by atoms with Gasteiger partial charge in [-0.1, -0.05) is 58.2 Å². The van der Waals surface area contributed by atoms with Crippen LogP contribution in [0.25, 0.3) is 0 Å². The van der Waals surface area contributed by atoms with Crippen molar-refractivity contribution in [3.05, 3.63) is 53.5 Å². The van der Waals surface area contributed by atoms with Crippen molar-refractivity contribution >= 4 is 17.6 Å². The number of amides is 1. The van der Waals surface area contributed by atoms with Gasteiger partial charge in [0.25, 0.3) is 0 Å². The smallest absolute Gasteiger partial charge is 0.326 e. The summed E-state index contributed by atoms with van der Waals surface area (Å²) in [6, 6.07) is 6.30. The summed E-state index contributed by atoms with van der Waals surface area (Å²) in [5.74, 6) is -2.25. The molecule has 1 aromatic carbocycles. The first-order chi connectivity index (χ1) is 20.1. The second-order valence-corrected chi connectivity index (χ2v) is 13.1. The largest absolute Gasteiger partial charge is 0.481 e. The number of anilines is 1. The van der Waals surface area contributed by atoms with Crippen LogP contribution in [0.4, 0.5) is 10.1 Å². The summed E-state index contributed by atoms with van der Waals surface area (Å²) < 4.78 is 27.8. The van der Waals surface area contributed by atoms with Crippen LogP contribution in [0.2, 0.25) is 0 Å². The van der Waals surface area contributed by atoms with Crippen LogP contribution in [0, 0.1) is 23.1 Å². The van der Waals surface area contributed by atoms with Crippen molar-refractivity contribution < 1.29 is 28.6 Å². The van der Waals surface area contributed by atoms with Crippen molar-refractivity contribution in [3.63, 3.8) is 0 Å². The van der Waals surface area contributed by atoms with Gasteiger partial charge in [0, 0.05) is 36.1 Å². The molecule has 1 amide bonds. The minimum Gasteiger partial charge on any atom is -0.481 e. The first-order valence-corrected chi connectivity index (χ1v) is 15.3. The highest BCUT2D eigenvalue weighted by Gasteiger charge is 2.59. The maximum atomic E-state index is 15.6. The molecule has 0 unspecified atom stereocenters. The molecule has 228 valence electrons. The Bertz CT molecular complexity index is 1270. The quantitative estimate of drug-likeness (QED) is 0.409. The molecule has 0 spiro atoms. The Kier molecular flexibility index (Phi) is 9.06. The van der Waals surface area contributed by atoms with Gasteiger partial charge in [-0.3, -0.25) is 4.79 Å². The molecule has 0 radical (unpaired) electrons. The van der Waals surface area contributed by atoms with Gasteiger partial charge in [0.15, 0.2) is 0 Å². The number of aliphatic carboxylic acids is 1. The normalized spacial score (nSPS) is 25.2. The number of halogens is 1. The lowest BCUT2D eigenvalue weighted by Gasteiger charge is -2.35. The van der Waals surface area contributed by atoms with Crippen LogP contribution in [0.1, 0.15) is 82.9 Å². The molecule has 2 aromatic rings. The van der Waals surface area contributed by atoms with Crippen LogP contribution in [-0.4, -0.2) is 59.2 Å². The van der Waals surface area contributed by atoms with Crippen LogP contribution < -0.4 is 9.64 Å². The molecular formula is C33H44FN3O5. The number of rotatable bonds is 8. The summed E-state index contributed by atoms with van der Waals surface area (Å²) in [6.45, 7) is 7.89. The fourth-order valence-electron chi connectivity index (χ4n) is 7.30. The maximum Gasteiger partial charge on any atom is 0.326 e. The van der Waals surface area contributed by atoms with E-state index in [4.69, 9.17) is 9.47 Å². The zero-order valence-corrected chi connectivity index (χ0v) is 25.2. The molecule has 3 fully saturated rings. The lowest BCUT2D eigenvalue weighted by atomic mass is 9.73. The van der Waals surface area contributed by atoms with Crippen LogP contribution in [-0.2, 0) is 20.9 Å². The lowest BCUT2D eigenvalue weighted by molar-refractivity contribution is -0.154. The van der Waals surface area contributed by atoms with Gasteiger partial charge in [0.1, 0.15) is 11.9 Å². The van der Waals surface area contributed by atoms with Gasteiger partial charge in [-0.2, -0.15) is 0 Å².